The molecule has 3 rings (SSSR count). The Hall–Kier alpha value is -0.340. The first-order chi connectivity index (χ1) is 7.77. The summed E-state index contributed by atoms with van der Waals surface area (Å²) in [6, 6.07) is 6.16. The molecule has 0 saturated heterocycles. The second-order valence-electron chi connectivity index (χ2n) is 4.84. The molecule has 0 atom stereocenters. The van der Waals surface area contributed by atoms with E-state index in [1.54, 1.807) is 0 Å². The van der Waals surface area contributed by atoms with Crippen LogP contribution in [0.5, 0.6) is 0 Å². The SMILES string of the molecule is Clc1ccc2c(c1)SC1(CCCCC1)CN2. The minimum Gasteiger partial charge on any atom is -0.383 e. The number of hydrogen-bond donors (Lipinski definition) is 1. The standard InChI is InChI=1S/C13H16ClNS/c14-10-4-5-11-12(8-10)16-13(9-15-11)6-2-1-3-7-13/h4-5,8,15H,1-3,6-7,9H2. The Balaban J connectivity index is 1.89. The van der Waals surface area contributed by atoms with Crippen LogP contribution in [0.1, 0.15) is 32.1 Å². The average Bonchev–Trinajstić information content (AvgIpc) is 2.29. The van der Waals surface area contributed by atoms with Gasteiger partial charge in [0.25, 0.3) is 0 Å². The zero-order valence-corrected chi connectivity index (χ0v) is 10.8. The van der Waals surface area contributed by atoms with E-state index in [0.29, 0.717) is 4.75 Å². The third kappa shape index (κ3) is 1.93. The second kappa shape index (κ2) is 4.15. The molecule has 1 aromatic rings. The van der Waals surface area contributed by atoms with Crippen molar-refractivity contribution in [1.82, 2.24) is 0 Å². The van der Waals surface area contributed by atoms with E-state index in [1.807, 2.05) is 17.8 Å². The molecule has 1 saturated carbocycles. The lowest BCUT2D eigenvalue weighted by atomic mass is 9.88. The van der Waals surface area contributed by atoms with E-state index in [0.717, 1.165) is 11.6 Å². The Morgan fingerprint density at radius 2 is 2.00 bits per heavy atom. The molecular formula is C13H16ClNS. The topological polar surface area (TPSA) is 12.0 Å². The maximum absolute atomic E-state index is 6.06. The van der Waals surface area contributed by atoms with Crippen LogP contribution in [0.3, 0.4) is 0 Å². The van der Waals surface area contributed by atoms with Crippen LogP contribution in [0.25, 0.3) is 0 Å². The molecule has 1 fully saturated rings. The van der Waals surface area contributed by atoms with Gasteiger partial charge in [0.05, 0.1) is 0 Å². The van der Waals surface area contributed by atoms with Crippen LogP contribution in [-0.4, -0.2) is 11.3 Å². The Bertz CT molecular complexity index is 399. The Labute approximate surface area is 106 Å². The van der Waals surface area contributed by atoms with Gasteiger partial charge in [-0.3, -0.25) is 0 Å². The summed E-state index contributed by atoms with van der Waals surface area (Å²) in [5, 5.41) is 4.42. The van der Waals surface area contributed by atoms with Gasteiger partial charge in [-0.05, 0) is 31.0 Å². The van der Waals surface area contributed by atoms with Gasteiger partial charge in [0, 0.05) is 26.9 Å². The van der Waals surface area contributed by atoms with Crippen molar-refractivity contribution in [2.45, 2.75) is 41.7 Å². The minimum atomic E-state index is 0.440. The molecule has 0 aromatic heterocycles. The number of nitrogens with one attached hydrogen (secondary N) is 1. The first-order valence-corrected chi connectivity index (χ1v) is 7.19. The van der Waals surface area contributed by atoms with Gasteiger partial charge in [0.1, 0.15) is 0 Å². The quantitative estimate of drug-likeness (QED) is 0.727. The smallest absolute Gasteiger partial charge is 0.0480 e. The zero-order valence-electron chi connectivity index (χ0n) is 9.26. The lowest BCUT2D eigenvalue weighted by Gasteiger charge is -2.41. The molecule has 2 aliphatic rings. The molecule has 1 aliphatic carbocycles. The van der Waals surface area contributed by atoms with Crippen molar-refractivity contribution < 1.29 is 0 Å². The van der Waals surface area contributed by atoms with Crippen molar-refractivity contribution in [3.8, 4) is 0 Å². The Morgan fingerprint density at radius 1 is 1.19 bits per heavy atom. The first kappa shape index (κ1) is 10.8. The van der Waals surface area contributed by atoms with Crippen LogP contribution < -0.4 is 5.32 Å². The summed E-state index contributed by atoms with van der Waals surface area (Å²) in [7, 11) is 0. The summed E-state index contributed by atoms with van der Waals surface area (Å²) < 4.78 is 0.440. The van der Waals surface area contributed by atoms with E-state index in [2.05, 4.69) is 17.4 Å². The average molecular weight is 254 g/mol. The molecule has 0 amide bonds. The summed E-state index contributed by atoms with van der Waals surface area (Å²) in [6.07, 6.45) is 6.85. The van der Waals surface area contributed by atoms with E-state index in [-0.39, 0.29) is 0 Å². The van der Waals surface area contributed by atoms with E-state index < -0.39 is 0 Å². The molecule has 1 nitrogen and oxygen atoms in total. The van der Waals surface area contributed by atoms with Crippen molar-refractivity contribution in [1.29, 1.82) is 0 Å². The predicted molar refractivity (Wildman–Crippen MR) is 71.6 cm³/mol. The molecule has 1 N–H and O–H groups in total. The first-order valence-electron chi connectivity index (χ1n) is 6.00. The highest BCUT2D eigenvalue weighted by Gasteiger charge is 2.36. The maximum atomic E-state index is 6.06. The van der Waals surface area contributed by atoms with Crippen molar-refractivity contribution >= 4 is 29.1 Å². The van der Waals surface area contributed by atoms with Gasteiger partial charge in [0.2, 0.25) is 0 Å². The van der Waals surface area contributed by atoms with Crippen molar-refractivity contribution in [3.05, 3.63) is 23.2 Å². The fourth-order valence-electron chi connectivity index (χ4n) is 2.73. The molecule has 0 unspecified atom stereocenters. The molecule has 3 heteroatoms. The Kier molecular flexibility index (Phi) is 2.80. The van der Waals surface area contributed by atoms with E-state index in [9.17, 15) is 0 Å². The van der Waals surface area contributed by atoms with Crippen molar-refractivity contribution in [2.24, 2.45) is 0 Å². The number of fused-ring (bicyclic) bond motifs is 1. The summed E-state index contributed by atoms with van der Waals surface area (Å²) >= 11 is 8.11. The highest BCUT2D eigenvalue weighted by atomic mass is 35.5. The summed E-state index contributed by atoms with van der Waals surface area (Å²) in [5.74, 6) is 0. The van der Waals surface area contributed by atoms with Crippen molar-refractivity contribution in [2.75, 3.05) is 11.9 Å². The molecule has 0 radical (unpaired) electrons. The molecule has 16 heavy (non-hydrogen) atoms. The van der Waals surface area contributed by atoms with E-state index in [1.165, 1.54) is 42.7 Å². The fraction of sp³-hybridized carbons (Fsp3) is 0.538. The zero-order chi connectivity index (χ0) is 11.0. The second-order valence-corrected chi connectivity index (χ2v) is 6.79. The summed E-state index contributed by atoms with van der Waals surface area (Å²) in [4.78, 5) is 1.33. The normalized spacial score (nSPS) is 22.6. The molecule has 1 spiro atoms. The van der Waals surface area contributed by atoms with Crippen LogP contribution >= 0.6 is 23.4 Å². The van der Waals surface area contributed by atoms with Crippen LogP contribution in [0.4, 0.5) is 5.69 Å². The number of hydrogen-bond acceptors (Lipinski definition) is 2. The van der Waals surface area contributed by atoms with Gasteiger partial charge in [-0.25, -0.2) is 0 Å². The molecular weight excluding hydrogens is 238 g/mol. The molecule has 1 aromatic carbocycles. The number of anilines is 1. The number of rotatable bonds is 0. The monoisotopic (exact) mass is 253 g/mol. The highest BCUT2D eigenvalue weighted by Crippen LogP contribution is 2.49. The third-order valence-electron chi connectivity index (χ3n) is 3.64. The molecule has 86 valence electrons. The third-order valence-corrected chi connectivity index (χ3v) is 5.41. The highest BCUT2D eigenvalue weighted by molar-refractivity contribution is 8.01. The largest absolute Gasteiger partial charge is 0.383 e. The summed E-state index contributed by atoms with van der Waals surface area (Å²) in [6.45, 7) is 1.12. The van der Waals surface area contributed by atoms with Crippen molar-refractivity contribution in [3.63, 3.8) is 0 Å². The van der Waals surface area contributed by atoms with Gasteiger partial charge in [0.15, 0.2) is 0 Å². The molecule has 0 bridgehead atoms. The van der Waals surface area contributed by atoms with Gasteiger partial charge in [-0.15, -0.1) is 11.8 Å². The number of benzene rings is 1. The van der Waals surface area contributed by atoms with Crippen LogP contribution in [0.2, 0.25) is 5.02 Å². The number of thioether (sulfide) groups is 1. The molecule has 1 aliphatic heterocycles. The predicted octanol–water partition coefficient (Wildman–Crippen LogP) is 4.56. The number of halogens is 1. The minimum absolute atomic E-state index is 0.440. The lowest BCUT2D eigenvalue weighted by Crippen LogP contribution is -2.38. The fourth-order valence-corrected chi connectivity index (χ4v) is 4.50. The summed E-state index contributed by atoms with van der Waals surface area (Å²) in [5.41, 5.74) is 1.26. The Morgan fingerprint density at radius 3 is 2.81 bits per heavy atom. The van der Waals surface area contributed by atoms with Gasteiger partial charge in [-0.2, -0.15) is 0 Å². The van der Waals surface area contributed by atoms with Gasteiger partial charge < -0.3 is 5.32 Å². The van der Waals surface area contributed by atoms with Crippen LogP contribution in [0, 0.1) is 0 Å². The van der Waals surface area contributed by atoms with Crippen LogP contribution in [-0.2, 0) is 0 Å². The van der Waals surface area contributed by atoms with E-state index >= 15 is 0 Å². The molecule has 1 heterocycles. The van der Waals surface area contributed by atoms with Gasteiger partial charge in [-0.1, -0.05) is 30.9 Å². The lowest BCUT2D eigenvalue weighted by molar-refractivity contribution is 0.408. The maximum Gasteiger partial charge on any atom is 0.0480 e. The van der Waals surface area contributed by atoms with Gasteiger partial charge >= 0.3 is 0 Å². The van der Waals surface area contributed by atoms with Crippen LogP contribution in [0.15, 0.2) is 23.1 Å². The van der Waals surface area contributed by atoms with E-state index in [4.69, 9.17) is 11.6 Å².